The van der Waals surface area contributed by atoms with E-state index in [1.165, 1.54) is 0 Å². The van der Waals surface area contributed by atoms with Gasteiger partial charge >= 0.3 is 0 Å². The summed E-state index contributed by atoms with van der Waals surface area (Å²) in [7, 11) is 3.17. The zero-order valence-electron chi connectivity index (χ0n) is 14.9. The van der Waals surface area contributed by atoms with Gasteiger partial charge in [-0.3, -0.25) is 9.59 Å². The van der Waals surface area contributed by atoms with Gasteiger partial charge in [-0.1, -0.05) is 13.8 Å². The number of benzene rings is 1. The van der Waals surface area contributed by atoms with Crippen molar-refractivity contribution in [2.45, 2.75) is 39.0 Å². The van der Waals surface area contributed by atoms with Crippen LogP contribution in [-0.4, -0.2) is 25.9 Å². The summed E-state index contributed by atoms with van der Waals surface area (Å²) in [6.45, 7) is 4.10. The third-order valence-electron chi connectivity index (χ3n) is 4.83. The molecular weight excluding hydrogens is 386 g/mol. The summed E-state index contributed by atoms with van der Waals surface area (Å²) in [6.07, 6.45) is 1.40. The zero-order chi connectivity index (χ0) is 18.4. The number of nitrogens with one attached hydrogen (secondary N) is 1. The van der Waals surface area contributed by atoms with Gasteiger partial charge in [-0.2, -0.15) is 0 Å². The summed E-state index contributed by atoms with van der Waals surface area (Å²) in [5.74, 6) is 0.993. The van der Waals surface area contributed by atoms with E-state index in [1.54, 1.807) is 14.2 Å². The van der Waals surface area contributed by atoms with Gasteiger partial charge in [0.25, 0.3) is 0 Å². The molecule has 1 aromatic rings. The van der Waals surface area contributed by atoms with Gasteiger partial charge in [0.05, 0.1) is 18.7 Å². The van der Waals surface area contributed by atoms with Crippen molar-refractivity contribution < 1.29 is 19.1 Å². The first-order valence-corrected chi connectivity index (χ1v) is 9.02. The van der Waals surface area contributed by atoms with Crippen LogP contribution in [0, 0.1) is 5.41 Å². The van der Waals surface area contributed by atoms with Gasteiger partial charge < -0.3 is 14.8 Å². The predicted molar refractivity (Wildman–Crippen MR) is 97.8 cm³/mol. The summed E-state index contributed by atoms with van der Waals surface area (Å²) in [5, 5.41) is 2.92. The molecule has 0 saturated carbocycles. The van der Waals surface area contributed by atoms with Crippen molar-refractivity contribution in [3.05, 3.63) is 33.4 Å². The van der Waals surface area contributed by atoms with Crippen molar-refractivity contribution in [1.82, 2.24) is 5.32 Å². The molecule has 134 valence electrons. The first-order chi connectivity index (χ1) is 11.8. The molecule has 0 unspecified atom stereocenters. The van der Waals surface area contributed by atoms with E-state index in [1.807, 2.05) is 26.0 Å². The highest BCUT2D eigenvalue weighted by atomic mass is 79.9. The van der Waals surface area contributed by atoms with E-state index in [9.17, 15) is 9.59 Å². The Balaban J connectivity index is 2.16. The van der Waals surface area contributed by atoms with Crippen LogP contribution in [0.2, 0.25) is 0 Å². The van der Waals surface area contributed by atoms with Gasteiger partial charge in [-0.05, 0) is 39.9 Å². The number of carbonyl (C=O) groups excluding carboxylic acids is 2. The molecule has 5 nitrogen and oxygen atoms in total. The molecule has 25 heavy (non-hydrogen) atoms. The Morgan fingerprint density at radius 2 is 1.80 bits per heavy atom. The fourth-order valence-corrected chi connectivity index (χ4v) is 4.26. The highest BCUT2D eigenvalue weighted by molar-refractivity contribution is 9.10. The van der Waals surface area contributed by atoms with E-state index in [-0.39, 0.29) is 29.4 Å². The first kappa shape index (κ1) is 18.0. The number of carbonyl (C=O) groups is 2. The number of Topliss-reactive ketones (excluding diaryl/α,β-unsaturated/α-hetero) is 1. The van der Waals surface area contributed by atoms with Crippen LogP contribution < -0.4 is 14.8 Å². The van der Waals surface area contributed by atoms with Gasteiger partial charge in [0, 0.05) is 35.6 Å². The number of methoxy groups -OCH3 is 2. The molecule has 0 fully saturated rings. The van der Waals surface area contributed by atoms with E-state index in [0.717, 1.165) is 15.7 Å². The van der Waals surface area contributed by atoms with E-state index < -0.39 is 0 Å². The minimum Gasteiger partial charge on any atom is -0.496 e. The summed E-state index contributed by atoms with van der Waals surface area (Å²) < 4.78 is 11.7. The quantitative estimate of drug-likeness (QED) is 0.828. The average Bonchev–Trinajstić information content (AvgIpc) is 2.51. The standard InChI is InChI=1S/C19H22BrNO4/c1-19(2)8-13-18(14(22)9-19)11(6-17(23)21-13)10-5-16(25-4)12(20)7-15(10)24-3/h5,7,11H,6,8-9H2,1-4H3,(H,21,23)/t11-/m0/s1. The minimum absolute atomic E-state index is 0.0711. The maximum absolute atomic E-state index is 12.9. The van der Waals surface area contributed by atoms with Crippen LogP contribution in [0.5, 0.6) is 11.5 Å². The molecule has 1 N–H and O–H groups in total. The highest BCUT2D eigenvalue weighted by Crippen LogP contribution is 2.47. The maximum atomic E-state index is 12.9. The smallest absolute Gasteiger partial charge is 0.225 e. The van der Waals surface area contributed by atoms with Crippen LogP contribution in [0.1, 0.15) is 44.6 Å². The van der Waals surface area contributed by atoms with Crippen LogP contribution in [-0.2, 0) is 9.59 Å². The number of ketones is 1. The molecule has 1 amide bonds. The second kappa shape index (κ2) is 6.48. The van der Waals surface area contributed by atoms with Crippen LogP contribution in [0.25, 0.3) is 0 Å². The second-order valence-electron chi connectivity index (χ2n) is 7.37. The van der Waals surface area contributed by atoms with E-state index in [0.29, 0.717) is 29.9 Å². The number of ether oxygens (including phenoxy) is 2. The summed E-state index contributed by atoms with van der Waals surface area (Å²) >= 11 is 3.45. The number of allylic oxidation sites excluding steroid dienone is 2. The predicted octanol–water partition coefficient (Wildman–Crippen LogP) is 3.71. The van der Waals surface area contributed by atoms with Crippen LogP contribution in [0.15, 0.2) is 27.9 Å². The van der Waals surface area contributed by atoms with Crippen LogP contribution in [0.4, 0.5) is 0 Å². The lowest BCUT2D eigenvalue weighted by atomic mass is 9.70. The van der Waals surface area contributed by atoms with Crippen molar-refractivity contribution in [1.29, 1.82) is 0 Å². The Labute approximate surface area is 155 Å². The normalized spacial score (nSPS) is 22.4. The van der Waals surface area contributed by atoms with E-state index in [4.69, 9.17) is 9.47 Å². The maximum Gasteiger partial charge on any atom is 0.225 e. The Morgan fingerprint density at radius 3 is 2.44 bits per heavy atom. The van der Waals surface area contributed by atoms with Gasteiger partial charge in [0.2, 0.25) is 5.91 Å². The Kier molecular flexibility index (Phi) is 4.66. The number of halogens is 1. The molecule has 3 rings (SSSR count). The molecule has 2 aliphatic rings. The molecule has 0 saturated heterocycles. The first-order valence-electron chi connectivity index (χ1n) is 8.23. The Morgan fingerprint density at radius 1 is 1.12 bits per heavy atom. The molecular formula is C19H22BrNO4. The zero-order valence-corrected chi connectivity index (χ0v) is 16.5. The third-order valence-corrected chi connectivity index (χ3v) is 5.45. The van der Waals surface area contributed by atoms with Gasteiger partial charge in [0.15, 0.2) is 5.78 Å². The number of hydrogen-bond acceptors (Lipinski definition) is 4. The molecule has 6 heteroatoms. The fraction of sp³-hybridized carbons (Fsp3) is 0.474. The van der Waals surface area contributed by atoms with Crippen molar-refractivity contribution in [3.63, 3.8) is 0 Å². The lowest BCUT2D eigenvalue weighted by Gasteiger charge is -2.38. The van der Waals surface area contributed by atoms with Gasteiger partial charge in [-0.25, -0.2) is 0 Å². The number of hydrogen-bond donors (Lipinski definition) is 1. The SMILES string of the molecule is COc1cc([C@@H]2CC(=O)NC3=C2C(=O)CC(C)(C)C3)c(OC)cc1Br. The Bertz CT molecular complexity index is 782. The molecule has 1 aliphatic heterocycles. The topological polar surface area (TPSA) is 64.6 Å². The highest BCUT2D eigenvalue weighted by Gasteiger charge is 2.41. The second-order valence-corrected chi connectivity index (χ2v) is 8.22. The summed E-state index contributed by atoms with van der Waals surface area (Å²) in [5.41, 5.74) is 2.12. The molecule has 1 aliphatic carbocycles. The summed E-state index contributed by atoms with van der Waals surface area (Å²) in [6, 6.07) is 3.67. The van der Waals surface area contributed by atoms with Crippen molar-refractivity contribution >= 4 is 27.6 Å². The van der Waals surface area contributed by atoms with Crippen molar-refractivity contribution in [3.8, 4) is 11.5 Å². The molecule has 0 aromatic heterocycles. The van der Waals surface area contributed by atoms with Crippen molar-refractivity contribution in [2.24, 2.45) is 5.41 Å². The minimum atomic E-state index is -0.315. The largest absolute Gasteiger partial charge is 0.496 e. The van der Waals surface area contributed by atoms with E-state index in [2.05, 4.69) is 21.2 Å². The van der Waals surface area contributed by atoms with Crippen molar-refractivity contribution in [2.75, 3.05) is 14.2 Å². The molecule has 0 bridgehead atoms. The summed E-state index contributed by atoms with van der Waals surface area (Å²) in [4.78, 5) is 25.2. The number of amides is 1. The third kappa shape index (κ3) is 3.32. The monoisotopic (exact) mass is 407 g/mol. The van der Waals surface area contributed by atoms with E-state index >= 15 is 0 Å². The molecule has 1 heterocycles. The molecule has 1 atom stereocenters. The lowest BCUT2D eigenvalue weighted by molar-refractivity contribution is -0.122. The van der Waals surface area contributed by atoms with Gasteiger partial charge in [-0.15, -0.1) is 0 Å². The van der Waals surface area contributed by atoms with Crippen LogP contribution >= 0.6 is 15.9 Å². The average molecular weight is 408 g/mol. The molecule has 1 aromatic carbocycles. The van der Waals surface area contributed by atoms with Crippen LogP contribution in [0.3, 0.4) is 0 Å². The molecule has 0 radical (unpaired) electrons. The van der Waals surface area contributed by atoms with Gasteiger partial charge in [0.1, 0.15) is 11.5 Å². The Hall–Kier alpha value is -1.82. The number of rotatable bonds is 3. The lowest BCUT2D eigenvalue weighted by Crippen LogP contribution is -2.40. The molecule has 0 spiro atoms. The fourth-order valence-electron chi connectivity index (χ4n) is 3.78.